The van der Waals surface area contributed by atoms with Crippen LogP contribution in [-0.2, 0) is 27.3 Å². The van der Waals surface area contributed by atoms with E-state index < -0.39 is 35.5 Å². The van der Waals surface area contributed by atoms with Crippen LogP contribution in [0.1, 0.15) is 55.7 Å². The summed E-state index contributed by atoms with van der Waals surface area (Å²) in [5, 5.41) is 45.2. The highest BCUT2D eigenvalue weighted by atomic mass is 16.3. The average Bonchev–Trinajstić information content (AvgIpc) is 2.82. The number of nitrogens with one attached hydrogen (secondary N) is 1. The van der Waals surface area contributed by atoms with E-state index in [4.69, 9.17) is 10.8 Å². The Balaban J connectivity index is 1.96. The van der Waals surface area contributed by atoms with Gasteiger partial charge in [0.25, 0.3) is 5.91 Å². The summed E-state index contributed by atoms with van der Waals surface area (Å²) in [4.78, 5) is 38.6. The largest absolute Gasteiger partial charge is 0.511 e. The number of nitrogens with two attached hydrogens (primary N) is 1. The number of allylic oxidation sites excluding steroid dienone is 2. The van der Waals surface area contributed by atoms with E-state index in [-0.39, 0.29) is 47.2 Å². The number of Topliss-reactive ketones (excluding diaryl/α,β-unsaturated/α-hetero) is 2. The summed E-state index contributed by atoms with van der Waals surface area (Å²) >= 11 is 0. The van der Waals surface area contributed by atoms with Gasteiger partial charge < -0.3 is 36.4 Å². The van der Waals surface area contributed by atoms with Gasteiger partial charge in [0.15, 0.2) is 11.6 Å². The molecule has 1 amide bonds. The molecule has 0 saturated heterocycles. The zero-order valence-electron chi connectivity index (χ0n) is 21.6. The third-order valence-electron chi connectivity index (χ3n) is 7.15. The number of rotatable bonds is 11. The van der Waals surface area contributed by atoms with Crippen LogP contribution in [0.3, 0.4) is 0 Å². The third kappa shape index (κ3) is 5.80. The molecule has 37 heavy (non-hydrogen) atoms. The van der Waals surface area contributed by atoms with Gasteiger partial charge in [-0.3, -0.25) is 14.4 Å². The molecule has 0 radical (unpaired) electrons. The van der Waals surface area contributed by atoms with E-state index in [9.17, 15) is 29.7 Å². The number of phenolic OH excluding ortho intramolecular Hbond substituents is 1. The van der Waals surface area contributed by atoms with Crippen LogP contribution in [0.25, 0.3) is 5.76 Å². The normalized spacial score (nSPS) is 19.7. The monoisotopic (exact) mass is 515 g/mol. The Kier molecular flexibility index (Phi) is 8.98. The molecule has 7 N–H and O–H groups in total. The molecular formula is C27H37N3O7. The molecule has 3 rings (SSSR count). The van der Waals surface area contributed by atoms with E-state index in [1.54, 1.807) is 0 Å². The van der Waals surface area contributed by atoms with E-state index >= 15 is 0 Å². The smallest absolute Gasteiger partial charge is 0.255 e. The standard InChI is InChI=1S/C27H37N3O7/c1-4-5-6-29-12-16-11-18(30(2)3)17-10-15-7-14(9-20(33)24(27(28)37)21(34)13-31)8-19(32)22(15)26(36)23(17)25(16)35/h11,14-15,29,31,33,35-36H,4-10,12-13H2,1-3H3,(H2,28,37)/b24-20-/t14-,15-/m1/s1. The molecule has 1 aromatic rings. The van der Waals surface area contributed by atoms with Crippen molar-refractivity contribution in [1.82, 2.24) is 5.32 Å². The summed E-state index contributed by atoms with van der Waals surface area (Å²) in [5.74, 6) is -4.04. The van der Waals surface area contributed by atoms with Crippen molar-refractivity contribution >= 4 is 28.9 Å². The molecule has 2 atom stereocenters. The van der Waals surface area contributed by atoms with Gasteiger partial charge in [-0.2, -0.15) is 0 Å². The van der Waals surface area contributed by atoms with Crippen LogP contribution in [-0.4, -0.2) is 65.1 Å². The molecule has 1 fully saturated rings. The zero-order valence-corrected chi connectivity index (χ0v) is 21.6. The molecule has 1 aromatic carbocycles. The van der Waals surface area contributed by atoms with Crippen LogP contribution >= 0.6 is 0 Å². The lowest BCUT2D eigenvalue weighted by Crippen LogP contribution is -2.32. The van der Waals surface area contributed by atoms with Crippen molar-refractivity contribution < 1.29 is 34.8 Å². The van der Waals surface area contributed by atoms with Crippen LogP contribution in [0, 0.1) is 11.8 Å². The number of anilines is 1. The van der Waals surface area contributed by atoms with Crippen molar-refractivity contribution in [3.8, 4) is 5.75 Å². The van der Waals surface area contributed by atoms with Crippen molar-refractivity contribution in [2.24, 2.45) is 17.6 Å². The molecule has 1 saturated carbocycles. The van der Waals surface area contributed by atoms with Gasteiger partial charge in [0.05, 0.1) is 5.56 Å². The lowest BCUT2D eigenvalue weighted by molar-refractivity contribution is -0.123. The number of primary amides is 1. The fourth-order valence-electron chi connectivity index (χ4n) is 5.42. The second-order valence-corrected chi connectivity index (χ2v) is 10.0. The highest BCUT2D eigenvalue weighted by molar-refractivity contribution is 6.19. The van der Waals surface area contributed by atoms with Gasteiger partial charge in [0.2, 0.25) is 0 Å². The Morgan fingerprint density at radius 3 is 2.51 bits per heavy atom. The number of aliphatic hydroxyl groups is 3. The molecule has 0 unspecified atom stereocenters. The van der Waals surface area contributed by atoms with Gasteiger partial charge in [0.1, 0.15) is 29.4 Å². The van der Waals surface area contributed by atoms with Gasteiger partial charge >= 0.3 is 0 Å². The number of hydrogen-bond acceptors (Lipinski definition) is 9. The number of phenols is 1. The molecule has 10 heteroatoms. The van der Waals surface area contributed by atoms with Crippen molar-refractivity contribution in [2.45, 2.75) is 52.0 Å². The second-order valence-electron chi connectivity index (χ2n) is 10.0. The first-order valence-corrected chi connectivity index (χ1v) is 12.6. The SMILES string of the molecule is CCCCNCc1cc(N(C)C)c2c(c1O)C(O)=C1C(=O)C[C@H](C/C(O)=C(/C(N)=O)C(=O)CO)C[C@@H]1C2. The maximum Gasteiger partial charge on any atom is 0.255 e. The quantitative estimate of drug-likeness (QED) is 0.0847. The van der Waals surface area contributed by atoms with E-state index in [1.807, 2.05) is 25.1 Å². The minimum Gasteiger partial charge on any atom is -0.511 e. The molecule has 202 valence electrons. The number of fused-ring (bicyclic) bond motifs is 2. The topological polar surface area (TPSA) is 173 Å². The minimum absolute atomic E-state index is 0.0196. The summed E-state index contributed by atoms with van der Waals surface area (Å²) in [5.41, 5.74) is 7.28. The van der Waals surface area contributed by atoms with Gasteiger partial charge in [-0.05, 0) is 49.3 Å². The Morgan fingerprint density at radius 2 is 1.92 bits per heavy atom. The van der Waals surface area contributed by atoms with Gasteiger partial charge in [-0.15, -0.1) is 0 Å². The summed E-state index contributed by atoms with van der Waals surface area (Å²) in [6.45, 7) is 2.33. The van der Waals surface area contributed by atoms with Crippen molar-refractivity contribution in [3.63, 3.8) is 0 Å². The van der Waals surface area contributed by atoms with Crippen LogP contribution < -0.4 is 16.0 Å². The number of unbranched alkanes of at least 4 members (excludes halogenated alkanes) is 1. The first-order chi connectivity index (χ1) is 17.5. The first-order valence-electron chi connectivity index (χ1n) is 12.6. The molecule has 0 heterocycles. The fourth-order valence-corrected chi connectivity index (χ4v) is 5.42. The third-order valence-corrected chi connectivity index (χ3v) is 7.15. The van der Waals surface area contributed by atoms with Crippen LogP contribution in [0.15, 0.2) is 23.0 Å². The van der Waals surface area contributed by atoms with Crippen molar-refractivity contribution in [3.05, 3.63) is 39.7 Å². The van der Waals surface area contributed by atoms with E-state index in [0.717, 1.165) is 30.6 Å². The molecule has 2 aliphatic rings. The summed E-state index contributed by atoms with van der Waals surface area (Å²) in [6, 6.07) is 1.89. The number of carbonyl (C=O) groups excluding carboxylic acids is 3. The molecule has 2 aliphatic carbocycles. The molecule has 0 spiro atoms. The van der Waals surface area contributed by atoms with E-state index in [2.05, 4.69) is 12.2 Å². The molecule has 0 aromatic heterocycles. The maximum atomic E-state index is 13.2. The van der Waals surface area contributed by atoms with Gasteiger partial charge in [-0.25, -0.2) is 0 Å². The van der Waals surface area contributed by atoms with Gasteiger partial charge in [-0.1, -0.05) is 13.3 Å². The number of aliphatic hydroxyl groups excluding tert-OH is 3. The highest BCUT2D eigenvalue weighted by Crippen LogP contribution is 2.48. The Hall–Kier alpha value is -3.37. The fraction of sp³-hybridized carbons (Fsp3) is 0.519. The predicted octanol–water partition coefficient (Wildman–Crippen LogP) is 2.02. The van der Waals surface area contributed by atoms with Gasteiger partial charge in [0, 0.05) is 50.3 Å². The highest BCUT2D eigenvalue weighted by Gasteiger charge is 2.41. The lowest BCUT2D eigenvalue weighted by atomic mass is 9.68. The van der Waals surface area contributed by atoms with Crippen LogP contribution in [0.2, 0.25) is 0 Å². The summed E-state index contributed by atoms with van der Waals surface area (Å²) in [6.07, 6.45) is 2.68. The van der Waals surface area contributed by atoms with Crippen molar-refractivity contribution in [2.75, 3.05) is 32.1 Å². The number of benzene rings is 1. The Bertz CT molecular complexity index is 1150. The summed E-state index contributed by atoms with van der Waals surface area (Å²) in [7, 11) is 3.75. The number of nitrogens with zero attached hydrogens (tertiary/aromatic N) is 1. The Labute approximate surface area is 216 Å². The lowest BCUT2D eigenvalue weighted by Gasteiger charge is -2.36. The first kappa shape index (κ1) is 28.2. The van der Waals surface area contributed by atoms with Crippen LogP contribution in [0.5, 0.6) is 5.75 Å². The molecule has 10 nitrogen and oxygen atoms in total. The van der Waals surface area contributed by atoms with E-state index in [0.29, 0.717) is 24.9 Å². The second kappa shape index (κ2) is 11.8. The minimum atomic E-state index is -1.14. The number of carbonyl (C=O) groups is 3. The number of hydrogen-bond donors (Lipinski definition) is 6. The number of ketones is 2. The van der Waals surface area contributed by atoms with Crippen LogP contribution in [0.4, 0.5) is 5.69 Å². The number of aromatic hydroxyl groups is 1. The maximum absolute atomic E-state index is 13.2. The molecule has 0 bridgehead atoms. The Morgan fingerprint density at radius 1 is 1.22 bits per heavy atom. The average molecular weight is 516 g/mol. The van der Waals surface area contributed by atoms with E-state index in [1.165, 1.54) is 0 Å². The predicted molar refractivity (Wildman–Crippen MR) is 139 cm³/mol. The number of amides is 1. The zero-order chi connectivity index (χ0) is 27.4. The summed E-state index contributed by atoms with van der Waals surface area (Å²) < 4.78 is 0. The molecule has 0 aliphatic heterocycles. The van der Waals surface area contributed by atoms with Crippen molar-refractivity contribution in [1.29, 1.82) is 0 Å². The molecular weight excluding hydrogens is 478 g/mol.